The average Bonchev–Trinajstić information content (AvgIpc) is 2.80. The van der Waals surface area contributed by atoms with Crippen molar-refractivity contribution in [3.8, 4) is 5.75 Å². The number of carboxylic acids is 1. The summed E-state index contributed by atoms with van der Waals surface area (Å²) in [6, 6.07) is 3.72. The first kappa shape index (κ1) is 12.9. The van der Waals surface area contributed by atoms with E-state index in [1.54, 1.807) is 6.07 Å². The van der Waals surface area contributed by atoms with Crippen molar-refractivity contribution in [2.24, 2.45) is 0 Å². The van der Waals surface area contributed by atoms with E-state index in [-0.39, 0.29) is 11.3 Å². The van der Waals surface area contributed by atoms with E-state index in [1.165, 1.54) is 17.0 Å². The fraction of sp³-hybridized carbons (Fsp3) is 0.333. The molecule has 96 valence electrons. The van der Waals surface area contributed by atoms with Crippen LogP contribution in [0, 0.1) is 0 Å². The minimum atomic E-state index is -1.00. The molecule has 1 saturated heterocycles. The minimum Gasteiger partial charge on any atom is -0.507 e. The van der Waals surface area contributed by atoms with E-state index >= 15 is 0 Å². The lowest BCUT2D eigenvalue weighted by atomic mass is 10.1. The van der Waals surface area contributed by atoms with Gasteiger partial charge >= 0.3 is 5.97 Å². The van der Waals surface area contributed by atoms with E-state index < -0.39 is 17.9 Å². The number of phenols is 1. The fourth-order valence-electron chi connectivity index (χ4n) is 2.10. The number of amides is 1. The normalized spacial score (nSPS) is 18.9. The van der Waals surface area contributed by atoms with Crippen LogP contribution in [-0.2, 0) is 4.79 Å². The molecule has 1 aliphatic rings. The van der Waals surface area contributed by atoms with Crippen molar-refractivity contribution in [1.29, 1.82) is 0 Å². The number of carbonyl (C=O) groups is 2. The lowest BCUT2D eigenvalue weighted by molar-refractivity contribution is -0.141. The summed E-state index contributed by atoms with van der Waals surface area (Å²) in [6.45, 7) is 0.405. The molecule has 1 fully saturated rings. The lowest BCUT2D eigenvalue weighted by Gasteiger charge is -2.21. The molecule has 5 nitrogen and oxygen atoms in total. The monoisotopic (exact) mass is 313 g/mol. The number of halogens is 1. The van der Waals surface area contributed by atoms with Gasteiger partial charge in [0.1, 0.15) is 11.8 Å². The van der Waals surface area contributed by atoms with Crippen molar-refractivity contribution < 1.29 is 19.8 Å². The minimum absolute atomic E-state index is 0.123. The first-order valence-electron chi connectivity index (χ1n) is 5.53. The fourth-order valence-corrected chi connectivity index (χ4v) is 2.46. The highest BCUT2D eigenvalue weighted by Crippen LogP contribution is 2.27. The van der Waals surface area contributed by atoms with Crippen molar-refractivity contribution in [2.45, 2.75) is 18.9 Å². The topological polar surface area (TPSA) is 77.8 Å². The zero-order valence-corrected chi connectivity index (χ0v) is 11.1. The van der Waals surface area contributed by atoms with E-state index in [0.29, 0.717) is 23.9 Å². The Bertz CT molecular complexity index is 503. The van der Waals surface area contributed by atoms with Gasteiger partial charge in [0.05, 0.1) is 5.56 Å². The number of aromatic hydroxyl groups is 1. The van der Waals surface area contributed by atoms with Gasteiger partial charge in [-0.3, -0.25) is 4.79 Å². The Balaban J connectivity index is 2.31. The van der Waals surface area contributed by atoms with Crippen molar-refractivity contribution in [3.05, 3.63) is 28.2 Å². The molecule has 1 aliphatic heterocycles. The Morgan fingerprint density at radius 1 is 1.39 bits per heavy atom. The lowest BCUT2D eigenvalue weighted by Crippen LogP contribution is -2.40. The predicted molar refractivity (Wildman–Crippen MR) is 67.5 cm³/mol. The third kappa shape index (κ3) is 2.33. The highest BCUT2D eigenvalue weighted by Gasteiger charge is 2.35. The predicted octanol–water partition coefficient (Wildman–Crippen LogP) is 1.84. The molecule has 1 amide bonds. The molecule has 18 heavy (non-hydrogen) atoms. The summed E-state index contributed by atoms with van der Waals surface area (Å²) in [4.78, 5) is 24.5. The van der Waals surface area contributed by atoms with Gasteiger partial charge in [-0.15, -0.1) is 0 Å². The first-order valence-corrected chi connectivity index (χ1v) is 6.32. The number of carboxylic acid groups (broad SMARTS) is 1. The van der Waals surface area contributed by atoms with Crippen LogP contribution in [0.5, 0.6) is 5.75 Å². The number of rotatable bonds is 2. The standard InChI is InChI=1S/C12H12BrNO4/c13-7-3-4-10(15)8(6-7)11(16)14-5-1-2-9(14)12(17)18/h3-4,6,9,15H,1-2,5H2,(H,17,18). The summed E-state index contributed by atoms with van der Waals surface area (Å²) < 4.78 is 0.662. The Kier molecular flexibility index (Phi) is 3.56. The number of hydrogen-bond acceptors (Lipinski definition) is 3. The molecule has 0 radical (unpaired) electrons. The molecule has 0 aromatic heterocycles. The van der Waals surface area contributed by atoms with E-state index in [1.807, 2.05) is 0 Å². The van der Waals surface area contributed by atoms with Gasteiger partial charge in [-0.25, -0.2) is 4.79 Å². The van der Waals surface area contributed by atoms with Gasteiger partial charge < -0.3 is 15.1 Å². The van der Waals surface area contributed by atoms with Crippen LogP contribution in [0.1, 0.15) is 23.2 Å². The summed E-state index contributed by atoms with van der Waals surface area (Å²) in [7, 11) is 0. The SMILES string of the molecule is O=C(O)C1CCCN1C(=O)c1cc(Br)ccc1O. The molecule has 0 saturated carbocycles. The zero-order valence-electron chi connectivity index (χ0n) is 9.47. The highest BCUT2D eigenvalue weighted by atomic mass is 79.9. The third-order valence-corrected chi connectivity index (χ3v) is 3.48. The molecule has 0 aliphatic carbocycles. The second-order valence-corrected chi connectivity index (χ2v) is 5.07. The molecule has 2 rings (SSSR count). The van der Waals surface area contributed by atoms with Crippen LogP contribution in [0.25, 0.3) is 0 Å². The molecule has 6 heteroatoms. The van der Waals surface area contributed by atoms with Gasteiger partial charge in [0, 0.05) is 11.0 Å². The average molecular weight is 314 g/mol. The maximum atomic E-state index is 12.2. The number of hydrogen-bond donors (Lipinski definition) is 2. The van der Waals surface area contributed by atoms with Crippen molar-refractivity contribution in [3.63, 3.8) is 0 Å². The van der Waals surface area contributed by atoms with Gasteiger partial charge in [0.15, 0.2) is 0 Å². The number of likely N-dealkylation sites (tertiary alicyclic amines) is 1. The maximum absolute atomic E-state index is 12.2. The van der Waals surface area contributed by atoms with Crippen molar-refractivity contribution >= 4 is 27.8 Å². The largest absolute Gasteiger partial charge is 0.507 e. The number of carbonyl (C=O) groups excluding carboxylic acids is 1. The highest BCUT2D eigenvalue weighted by molar-refractivity contribution is 9.10. The smallest absolute Gasteiger partial charge is 0.326 e. The van der Waals surface area contributed by atoms with E-state index in [4.69, 9.17) is 5.11 Å². The molecule has 1 aromatic carbocycles. The second kappa shape index (κ2) is 4.97. The molecule has 0 spiro atoms. The molecule has 1 atom stereocenters. The maximum Gasteiger partial charge on any atom is 0.326 e. The zero-order chi connectivity index (χ0) is 13.3. The molecule has 1 heterocycles. The molecule has 1 unspecified atom stereocenters. The third-order valence-electron chi connectivity index (χ3n) is 2.99. The van der Waals surface area contributed by atoms with Crippen LogP contribution in [0.15, 0.2) is 22.7 Å². The van der Waals surface area contributed by atoms with Gasteiger partial charge in [-0.1, -0.05) is 15.9 Å². The van der Waals surface area contributed by atoms with Crippen LogP contribution in [-0.4, -0.2) is 39.6 Å². The van der Waals surface area contributed by atoms with E-state index in [9.17, 15) is 14.7 Å². The Morgan fingerprint density at radius 3 is 2.78 bits per heavy atom. The van der Waals surface area contributed by atoms with Crippen molar-refractivity contribution in [2.75, 3.05) is 6.54 Å². The van der Waals surface area contributed by atoms with Crippen LogP contribution >= 0.6 is 15.9 Å². The van der Waals surface area contributed by atoms with Crippen LogP contribution in [0.2, 0.25) is 0 Å². The summed E-state index contributed by atoms with van der Waals surface area (Å²) in [5, 5.41) is 18.7. The molecular formula is C12H12BrNO4. The van der Waals surface area contributed by atoms with Crippen LogP contribution < -0.4 is 0 Å². The number of phenolic OH excluding ortho intramolecular Hbond substituents is 1. The Labute approximate surface area is 112 Å². The first-order chi connectivity index (χ1) is 8.50. The van der Waals surface area contributed by atoms with E-state index in [2.05, 4.69) is 15.9 Å². The van der Waals surface area contributed by atoms with Gasteiger partial charge in [-0.05, 0) is 31.0 Å². The van der Waals surface area contributed by atoms with Crippen LogP contribution in [0.4, 0.5) is 0 Å². The molecule has 1 aromatic rings. The summed E-state index contributed by atoms with van der Waals surface area (Å²) in [5.74, 6) is -1.59. The molecule has 2 N–H and O–H groups in total. The van der Waals surface area contributed by atoms with Gasteiger partial charge in [0.25, 0.3) is 5.91 Å². The summed E-state index contributed by atoms with van der Waals surface area (Å²) in [5.41, 5.74) is 0.123. The molecular weight excluding hydrogens is 302 g/mol. The molecule has 0 bridgehead atoms. The van der Waals surface area contributed by atoms with Crippen molar-refractivity contribution in [1.82, 2.24) is 4.90 Å². The summed E-state index contributed by atoms with van der Waals surface area (Å²) >= 11 is 3.22. The van der Waals surface area contributed by atoms with Gasteiger partial charge in [-0.2, -0.15) is 0 Å². The number of nitrogens with zero attached hydrogens (tertiary/aromatic N) is 1. The number of aliphatic carboxylic acids is 1. The summed E-state index contributed by atoms with van der Waals surface area (Å²) in [6.07, 6.45) is 1.12. The quantitative estimate of drug-likeness (QED) is 0.873. The van der Waals surface area contributed by atoms with Crippen LogP contribution in [0.3, 0.4) is 0 Å². The number of benzene rings is 1. The second-order valence-electron chi connectivity index (χ2n) is 4.16. The van der Waals surface area contributed by atoms with Gasteiger partial charge in [0.2, 0.25) is 0 Å². The van der Waals surface area contributed by atoms with E-state index in [0.717, 1.165) is 0 Å². The Hall–Kier alpha value is -1.56. The Morgan fingerprint density at radius 2 is 2.11 bits per heavy atom.